The fraction of sp³-hybridized carbons (Fsp3) is 0.588. The molecule has 1 aromatic carbocycles. The number of ketones is 1. The molecule has 0 aromatic heterocycles. The highest BCUT2D eigenvalue weighted by Gasteiger charge is 2.20. The van der Waals surface area contributed by atoms with Crippen LogP contribution in [0.5, 0.6) is 0 Å². The Balaban J connectivity index is 1.90. The van der Waals surface area contributed by atoms with Crippen molar-refractivity contribution in [3.63, 3.8) is 0 Å². The van der Waals surface area contributed by atoms with Gasteiger partial charge in [-0.05, 0) is 44.2 Å². The van der Waals surface area contributed by atoms with Crippen LogP contribution in [-0.4, -0.2) is 5.78 Å². The van der Waals surface area contributed by atoms with Crippen LogP contribution >= 0.6 is 0 Å². The van der Waals surface area contributed by atoms with Crippen molar-refractivity contribution in [2.45, 2.75) is 58.8 Å². The van der Waals surface area contributed by atoms with Crippen LogP contribution in [0.4, 0.5) is 0 Å². The molecule has 1 nitrogen and oxygen atoms in total. The second-order valence-electron chi connectivity index (χ2n) is 5.73. The van der Waals surface area contributed by atoms with Crippen LogP contribution in [0.15, 0.2) is 18.2 Å². The van der Waals surface area contributed by atoms with Crippen molar-refractivity contribution in [3.05, 3.63) is 34.9 Å². The maximum Gasteiger partial charge on any atom is 0.136 e. The maximum absolute atomic E-state index is 12.2. The van der Waals surface area contributed by atoms with Gasteiger partial charge < -0.3 is 0 Å². The third kappa shape index (κ3) is 3.44. The van der Waals surface area contributed by atoms with Crippen molar-refractivity contribution in [1.29, 1.82) is 0 Å². The van der Waals surface area contributed by atoms with Gasteiger partial charge >= 0.3 is 0 Å². The number of aryl methyl sites for hydroxylation is 3. The van der Waals surface area contributed by atoms with E-state index in [2.05, 4.69) is 32.0 Å². The Labute approximate surface area is 111 Å². The summed E-state index contributed by atoms with van der Waals surface area (Å²) in [6, 6.07) is 6.53. The molecule has 18 heavy (non-hydrogen) atoms. The summed E-state index contributed by atoms with van der Waals surface area (Å²) in [6.07, 6.45) is 7.73. The highest BCUT2D eigenvalue weighted by molar-refractivity contribution is 5.81. The monoisotopic (exact) mass is 244 g/mol. The molecule has 1 aliphatic rings. The first kappa shape index (κ1) is 13.3. The molecule has 1 aliphatic carbocycles. The molecule has 0 spiro atoms. The van der Waals surface area contributed by atoms with Crippen molar-refractivity contribution in [2.24, 2.45) is 5.92 Å². The van der Waals surface area contributed by atoms with Gasteiger partial charge in [0.1, 0.15) is 5.78 Å². The van der Waals surface area contributed by atoms with Crippen LogP contribution in [0.3, 0.4) is 0 Å². The molecule has 0 saturated heterocycles. The summed E-state index contributed by atoms with van der Waals surface area (Å²) < 4.78 is 0. The molecular weight excluding hydrogens is 220 g/mol. The molecule has 98 valence electrons. The summed E-state index contributed by atoms with van der Waals surface area (Å²) >= 11 is 0. The molecule has 0 N–H and O–H groups in total. The number of rotatable bonds is 4. The smallest absolute Gasteiger partial charge is 0.136 e. The standard InChI is InChI=1S/C17H24O/c1-13-8-9-14(2)16(12-13)10-11-17(18)15-6-4-3-5-7-15/h8-9,12,15H,3-7,10-11H2,1-2H3. The summed E-state index contributed by atoms with van der Waals surface area (Å²) in [6.45, 7) is 4.26. The third-order valence-corrected chi connectivity index (χ3v) is 4.21. The number of carbonyl (C=O) groups is 1. The van der Waals surface area contributed by atoms with Crippen LogP contribution < -0.4 is 0 Å². The van der Waals surface area contributed by atoms with Gasteiger partial charge in [0.15, 0.2) is 0 Å². The van der Waals surface area contributed by atoms with Gasteiger partial charge in [0.2, 0.25) is 0 Å². The van der Waals surface area contributed by atoms with Crippen LogP contribution in [-0.2, 0) is 11.2 Å². The Morgan fingerprint density at radius 2 is 1.89 bits per heavy atom. The molecule has 0 unspecified atom stereocenters. The molecule has 0 radical (unpaired) electrons. The fourth-order valence-electron chi connectivity index (χ4n) is 2.96. The number of hydrogen-bond donors (Lipinski definition) is 0. The average Bonchev–Trinajstić information content (AvgIpc) is 2.40. The maximum atomic E-state index is 12.2. The highest BCUT2D eigenvalue weighted by Crippen LogP contribution is 2.26. The van der Waals surface area contributed by atoms with E-state index in [1.54, 1.807) is 0 Å². The van der Waals surface area contributed by atoms with E-state index in [9.17, 15) is 4.79 Å². The van der Waals surface area contributed by atoms with E-state index in [-0.39, 0.29) is 0 Å². The highest BCUT2D eigenvalue weighted by atomic mass is 16.1. The van der Waals surface area contributed by atoms with E-state index >= 15 is 0 Å². The van der Waals surface area contributed by atoms with Crippen molar-refractivity contribution in [2.75, 3.05) is 0 Å². The Hall–Kier alpha value is -1.11. The normalized spacial score (nSPS) is 16.8. The van der Waals surface area contributed by atoms with E-state index in [1.165, 1.54) is 36.0 Å². The zero-order valence-corrected chi connectivity index (χ0v) is 11.7. The molecule has 1 heteroatoms. The van der Waals surface area contributed by atoms with Crippen LogP contribution in [0.25, 0.3) is 0 Å². The number of benzene rings is 1. The van der Waals surface area contributed by atoms with Gasteiger partial charge in [0.05, 0.1) is 0 Å². The Morgan fingerprint density at radius 1 is 1.17 bits per heavy atom. The van der Waals surface area contributed by atoms with Crippen molar-refractivity contribution in [1.82, 2.24) is 0 Å². The number of carbonyl (C=O) groups excluding carboxylic acids is 1. The lowest BCUT2D eigenvalue weighted by Crippen LogP contribution is -2.18. The van der Waals surface area contributed by atoms with Crippen molar-refractivity contribution in [3.8, 4) is 0 Å². The lowest BCUT2D eigenvalue weighted by molar-refractivity contribution is -0.123. The first-order valence-corrected chi connectivity index (χ1v) is 7.25. The van der Waals surface area contributed by atoms with Gasteiger partial charge in [0, 0.05) is 12.3 Å². The lowest BCUT2D eigenvalue weighted by atomic mass is 9.84. The molecular formula is C17H24O. The number of hydrogen-bond acceptors (Lipinski definition) is 1. The zero-order chi connectivity index (χ0) is 13.0. The molecule has 0 aliphatic heterocycles. The lowest BCUT2D eigenvalue weighted by Gasteiger charge is -2.20. The topological polar surface area (TPSA) is 17.1 Å². The van der Waals surface area contributed by atoms with Crippen molar-refractivity contribution < 1.29 is 4.79 Å². The molecule has 2 rings (SSSR count). The van der Waals surface area contributed by atoms with Crippen molar-refractivity contribution >= 4 is 5.78 Å². The first-order valence-electron chi connectivity index (χ1n) is 7.25. The molecule has 1 fully saturated rings. The van der Waals surface area contributed by atoms with E-state index in [1.807, 2.05) is 0 Å². The van der Waals surface area contributed by atoms with Crippen LogP contribution in [0.1, 0.15) is 55.2 Å². The van der Waals surface area contributed by atoms with Gasteiger partial charge in [-0.3, -0.25) is 4.79 Å². The van der Waals surface area contributed by atoms with Gasteiger partial charge in [-0.2, -0.15) is 0 Å². The summed E-state index contributed by atoms with van der Waals surface area (Å²) in [5.74, 6) is 0.861. The molecule has 1 aromatic rings. The minimum absolute atomic E-state index is 0.365. The number of Topliss-reactive ketones (excluding diaryl/α,β-unsaturated/α-hetero) is 1. The quantitative estimate of drug-likeness (QED) is 0.768. The summed E-state index contributed by atoms with van der Waals surface area (Å²) in [4.78, 5) is 12.2. The third-order valence-electron chi connectivity index (χ3n) is 4.21. The first-order chi connectivity index (χ1) is 8.66. The SMILES string of the molecule is Cc1ccc(C)c(CCC(=O)C2CCCCC2)c1. The Kier molecular flexibility index (Phi) is 4.57. The summed E-state index contributed by atoms with van der Waals surface area (Å²) in [7, 11) is 0. The predicted molar refractivity (Wildman–Crippen MR) is 75.8 cm³/mol. The van der Waals surface area contributed by atoms with E-state index < -0.39 is 0 Å². The summed E-state index contributed by atoms with van der Waals surface area (Å²) in [5, 5.41) is 0. The van der Waals surface area contributed by atoms with Crippen LogP contribution in [0.2, 0.25) is 0 Å². The molecule has 0 bridgehead atoms. The average molecular weight is 244 g/mol. The fourth-order valence-corrected chi connectivity index (χ4v) is 2.96. The van der Waals surface area contributed by atoms with E-state index in [0.29, 0.717) is 11.7 Å². The Morgan fingerprint density at radius 3 is 2.61 bits per heavy atom. The Bertz CT molecular complexity index is 414. The zero-order valence-electron chi connectivity index (χ0n) is 11.7. The van der Waals surface area contributed by atoms with Gasteiger partial charge in [0.25, 0.3) is 0 Å². The van der Waals surface area contributed by atoms with Gasteiger partial charge in [-0.25, -0.2) is 0 Å². The second-order valence-corrected chi connectivity index (χ2v) is 5.73. The largest absolute Gasteiger partial charge is 0.299 e. The summed E-state index contributed by atoms with van der Waals surface area (Å²) in [5.41, 5.74) is 3.96. The predicted octanol–water partition coefficient (Wildman–Crippen LogP) is 4.39. The molecule has 1 saturated carbocycles. The molecule has 0 atom stereocenters. The minimum atomic E-state index is 0.365. The van der Waals surface area contributed by atoms with E-state index in [4.69, 9.17) is 0 Å². The van der Waals surface area contributed by atoms with E-state index in [0.717, 1.165) is 25.7 Å². The second kappa shape index (κ2) is 6.17. The van der Waals surface area contributed by atoms with Gasteiger partial charge in [-0.1, -0.05) is 43.0 Å². The molecule has 0 amide bonds. The molecule has 0 heterocycles. The van der Waals surface area contributed by atoms with Gasteiger partial charge in [-0.15, -0.1) is 0 Å². The minimum Gasteiger partial charge on any atom is -0.299 e. The van der Waals surface area contributed by atoms with Crippen LogP contribution in [0, 0.1) is 19.8 Å².